The van der Waals surface area contributed by atoms with Gasteiger partial charge >= 0.3 is 0 Å². The molecule has 0 spiro atoms. The average Bonchev–Trinajstić information content (AvgIpc) is 3.03. The number of nitrogens with zero attached hydrogens (tertiary/aromatic N) is 5. The standard InChI is InChI=1S/C13H18N6S/c1-14-8-11-9-16-12(17-10-11)18-3-5-19(6-4-18)13-15-2-7-20-13/h2,7,9-10,14H,3-6,8H2,1H3. The molecule has 6 nitrogen and oxygen atoms in total. The van der Waals surface area contributed by atoms with Gasteiger partial charge in [0.2, 0.25) is 5.95 Å². The second-order valence-electron chi connectivity index (χ2n) is 4.71. The molecule has 1 aliphatic heterocycles. The molecule has 106 valence electrons. The van der Waals surface area contributed by atoms with Crippen LogP contribution in [0.3, 0.4) is 0 Å². The largest absolute Gasteiger partial charge is 0.345 e. The van der Waals surface area contributed by atoms with Crippen molar-refractivity contribution in [3.63, 3.8) is 0 Å². The van der Waals surface area contributed by atoms with Crippen molar-refractivity contribution in [1.29, 1.82) is 0 Å². The van der Waals surface area contributed by atoms with E-state index in [9.17, 15) is 0 Å². The highest BCUT2D eigenvalue weighted by atomic mass is 32.1. The fourth-order valence-electron chi connectivity index (χ4n) is 2.28. The first-order valence-corrected chi connectivity index (χ1v) is 7.59. The van der Waals surface area contributed by atoms with E-state index >= 15 is 0 Å². The number of nitrogens with one attached hydrogen (secondary N) is 1. The summed E-state index contributed by atoms with van der Waals surface area (Å²) in [5.74, 6) is 0.823. The van der Waals surface area contributed by atoms with Crippen LogP contribution < -0.4 is 15.1 Å². The van der Waals surface area contributed by atoms with Crippen molar-refractivity contribution in [2.45, 2.75) is 6.54 Å². The number of anilines is 2. The van der Waals surface area contributed by atoms with E-state index in [0.29, 0.717) is 0 Å². The molecule has 0 aliphatic carbocycles. The number of aromatic nitrogens is 3. The SMILES string of the molecule is CNCc1cnc(N2CCN(c3nccs3)CC2)nc1. The Morgan fingerprint density at radius 2 is 1.80 bits per heavy atom. The Labute approximate surface area is 122 Å². The summed E-state index contributed by atoms with van der Waals surface area (Å²) < 4.78 is 0. The maximum absolute atomic E-state index is 4.45. The molecule has 3 heterocycles. The normalized spacial score (nSPS) is 15.7. The van der Waals surface area contributed by atoms with E-state index in [2.05, 4.69) is 30.1 Å². The van der Waals surface area contributed by atoms with Gasteiger partial charge in [0.15, 0.2) is 5.13 Å². The molecule has 2 aromatic rings. The first-order chi connectivity index (χ1) is 9.86. The van der Waals surface area contributed by atoms with E-state index in [-0.39, 0.29) is 0 Å². The minimum Gasteiger partial charge on any atom is -0.345 e. The molecule has 1 fully saturated rings. The number of hydrogen-bond donors (Lipinski definition) is 1. The number of thiazole rings is 1. The second kappa shape index (κ2) is 6.15. The Kier molecular flexibility index (Phi) is 4.08. The van der Waals surface area contributed by atoms with Crippen LogP contribution in [0.4, 0.5) is 11.1 Å². The van der Waals surface area contributed by atoms with Gasteiger partial charge in [-0.15, -0.1) is 11.3 Å². The summed E-state index contributed by atoms with van der Waals surface area (Å²) in [4.78, 5) is 17.8. The Bertz CT molecular complexity index is 518. The predicted molar refractivity (Wildman–Crippen MR) is 81.3 cm³/mol. The van der Waals surface area contributed by atoms with Gasteiger partial charge < -0.3 is 15.1 Å². The fourth-order valence-corrected chi connectivity index (χ4v) is 2.97. The maximum Gasteiger partial charge on any atom is 0.225 e. The molecule has 0 radical (unpaired) electrons. The van der Waals surface area contributed by atoms with Crippen LogP contribution in [0.15, 0.2) is 24.0 Å². The van der Waals surface area contributed by atoms with Crippen LogP contribution in [0.1, 0.15) is 5.56 Å². The summed E-state index contributed by atoms with van der Waals surface area (Å²) in [7, 11) is 1.92. The third-order valence-corrected chi connectivity index (χ3v) is 4.16. The molecule has 1 saturated heterocycles. The molecule has 0 aromatic carbocycles. The van der Waals surface area contributed by atoms with Crippen molar-refractivity contribution in [2.75, 3.05) is 43.0 Å². The van der Waals surface area contributed by atoms with Gasteiger partial charge in [-0.1, -0.05) is 0 Å². The van der Waals surface area contributed by atoms with Gasteiger partial charge in [-0.05, 0) is 7.05 Å². The Hall–Kier alpha value is -1.73. The van der Waals surface area contributed by atoms with E-state index < -0.39 is 0 Å². The second-order valence-corrected chi connectivity index (χ2v) is 5.58. The number of piperazine rings is 1. The molecule has 3 rings (SSSR count). The van der Waals surface area contributed by atoms with Crippen LogP contribution in [0.2, 0.25) is 0 Å². The Morgan fingerprint density at radius 3 is 2.40 bits per heavy atom. The highest BCUT2D eigenvalue weighted by Gasteiger charge is 2.20. The van der Waals surface area contributed by atoms with E-state index in [1.54, 1.807) is 11.3 Å². The molecule has 0 unspecified atom stereocenters. The van der Waals surface area contributed by atoms with Gasteiger partial charge in [0.05, 0.1) is 0 Å². The number of hydrogen-bond acceptors (Lipinski definition) is 7. The zero-order valence-electron chi connectivity index (χ0n) is 11.5. The molecular formula is C13H18N6S. The summed E-state index contributed by atoms with van der Waals surface area (Å²) >= 11 is 1.69. The smallest absolute Gasteiger partial charge is 0.225 e. The maximum atomic E-state index is 4.45. The minimum atomic E-state index is 0.804. The van der Waals surface area contributed by atoms with Crippen molar-refractivity contribution < 1.29 is 0 Å². The molecule has 0 saturated carbocycles. The molecule has 1 aliphatic rings. The van der Waals surface area contributed by atoms with Crippen LogP contribution in [0.5, 0.6) is 0 Å². The van der Waals surface area contributed by atoms with Crippen LogP contribution >= 0.6 is 11.3 Å². The Balaban J connectivity index is 1.60. The zero-order chi connectivity index (χ0) is 13.8. The van der Waals surface area contributed by atoms with Gasteiger partial charge in [0, 0.05) is 62.3 Å². The van der Waals surface area contributed by atoms with Crippen molar-refractivity contribution in [3.8, 4) is 0 Å². The molecule has 7 heteroatoms. The third kappa shape index (κ3) is 2.88. The van der Waals surface area contributed by atoms with Crippen molar-refractivity contribution >= 4 is 22.4 Å². The van der Waals surface area contributed by atoms with Crippen molar-refractivity contribution in [3.05, 3.63) is 29.5 Å². The van der Waals surface area contributed by atoms with Crippen molar-refractivity contribution in [1.82, 2.24) is 20.3 Å². The molecule has 0 atom stereocenters. The van der Waals surface area contributed by atoms with Crippen LogP contribution in [-0.4, -0.2) is 48.2 Å². The molecule has 0 amide bonds. The van der Waals surface area contributed by atoms with Crippen LogP contribution in [0, 0.1) is 0 Å². The highest BCUT2D eigenvalue weighted by molar-refractivity contribution is 7.13. The van der Waals surface area contributed by atoms with E-state index in [1.165, 1.54) is 0 Å². The van der Waals surface area contributed by atoms with Crippen molar-refractivity contribution in [2.24, 2.45) is 0 Å². The molecule has 20 heavy (non-hydrogen) atoms. The summed E-state index contributed by atoms with van der Waals surface area (Å²) in [6, 6.07) is 0. The lowest BCUT2D eigenvalue weighted by molar-refractivity contribution is 0.637. The molecule has 1 N–H and O–H groups in total. The first-order valence-electron chi connectivity index (χ1n) is 6.72. The van der Waals surface area contributed by atoms with E-state index in [0.717, 1.165) is 49.4 Å². The lowest BCUT2D eigenvalue weighted by Gasteiger charge is -2.34. The first kappa shape index (κ1) is 13.3. The lowest BCUT2D eigenvalue weighted by Crippen LogP contribution is -2.47. The molecular weight excluding hydrogens is 272 g/mol. The topological polar surface area (TPSA) is 57.2 Å². The quantitative estimate of drug-likeness (QED) is 0.906. The lowest BCUT2D eigenvalue weighted by atomic mass is 10.3. The number of rotatable bonds is 4. The summed E-state index contributed by atoms with van der Waals surface area (Å²) in [6.45, 7) is 4.61. The van der Waals surface area contributed by atoms with Crippen LogP contribution in [-0.2, 0) is 6.54 Å². The van der Waals surface area contributed by atoms with Gasteiger partial charge in [0.1, 0.15) is 0 Å². The zero-order valence-corrected chi connectivity index (χ0v) is 12.3. The summed E-state index contributed by atoms with van der Waals surface area (Å²) in [5, 5.41) is 6.22. The van der Waals surface area contributed by atoms with Gasteiger partial charge in [-0.25, -0.2) is 15.0 Å². The summed E-state index contributed by atoms with van der Waals surface area (Å²) in [6.07, 6.45) is 5.65. The highest BCUT2D eigenvalue weighted by Crippen LogP contribution is 2.20. The van der Waals surface area contributed by atoms with Gasteiger partial charge in [-0.3, -0.25) is 0 Å². The predicted octanol–water partition coefficient (Wildman–Crippen LogP) is 0.979. The van der Waals surface area contributed by atoms with Gasteiger partial charge in [-0.2, -0.15) is 0 Å². The monoisotopic (exact) mass is 290 g/mol. The van der Waals surface area contributed by atoms with E-state index in [4.69, 9.17) is 0 Å². The summed E-state index contributed by atoms with van der Waals surface area (Å²) in [5.41, 5.74) is 1.11. The molecule has 2 aromatic heterocycles. The third-order valence-electron chi connectivity index (χ3n) is 3.32. The Morgan fingerprint density at radius 1 is 1.10 bits per heavy atom. The molecule has 0 bridgehead atoms. The van der Waals surface area contributed by atoms with Gasteiger partial charge in [0.25, 0.3) is 0 Å². The van der Waals surface area contributed by atoms with E-state index in [1.807, 2.05) is 31.0 Å². The van der Waals surface area contributed by atoms with Crippen LogP contribution in [0.25, 0.3) is 0 Å². The minimum absolute atomic E-state index is 0.804. The fraction of sp³-hybridized carbons (Fsp3) is 0.462. The average molecular weight is 290 g/mol.